The molecule has 73 valence electrons. The van der Waals surface area contributed by atoms with Gasteiger partial charge in [0.1, 0.15) is 0 Å². The summed E-state index contributed by atoms with van der Waals surface area (Å²) in [6, 6.07) is 0. The van der Waals surface area contributed by atoms with Crippen LogP contribution >= 0.6 is 24.4 Å². The fourth-order valence-corrected chi connectivity index (χ4v) is 0. The van der Waals surface area contributed by atoms with Gasteiger partial charge in [-0.1, -0.05) is 0 Å². The molecule has 10 N–H and O–H groups in total. The van der Waals surface area contributed by atoms with Crippen LogP contribution in [0.4, 0.5) is 0 Å². The molecular formula is C2H10CuN6S2-2. The van der Waals surface area contributed by atoms with E-state index in [1.54, 1.807) is 10.3 Å². The Morgan fingerprint density at radius 1 is 0.727 bits per heavy atom. The van der Waals surface area contributed by atoms with Gasteiger partial charge < -0.3 is 24.6 Å². The topological polar surface area (TPSA) is 182 Å². The molecule has 9 heteroatoms. The average molecular weight is 246 g/mol. The number of hydrogen-bond donors (Lipinski definition) is 2. The van der Waals surface area contributed by atoms with Crippen LogP contribution in [0, 0.1) is 10.8 Å². The van der Waals surface area contributed by atoms with E-state index in [4.69, 9.17) is 10.8 Å². The molecule has 0 atom stereocenters. The second-order valence-electron chi connectivity index (χ2n) is 0.204. The summed E-state index contributed by atoms with van der Waals surface area (Å²) in [5.41, 5.74) is 0. The van der Waals surface area contributed by atoms with Gasteiger partial charge >= 0.3 is 17.1 Å². The van der Waals surface area contributed by atoms with E-state index in [0.717, 1.165) is 0 Å². The van der Waals surface area contributed by atoms with Gasteiger partial charge in [0.25, 0.3) is 0 Å². The number of rotatable bonds is 0. The van der Waals surface area contributed by atoms with E-state index in [0.29, 0.717) is 0 Å². The first-order valence-corrected chi connectivity index (χ1v) is 1.72. The van der Waals surface area contributed by atoms with E-state index >= 15 is 0 Å². The van der Waals surface area contributed by atoms with Crippen LogP contribution in [0.1, 0.15) is 0 Å². The van der Waals surface area contributed by atoms with Crippen LogP contribution in [0.5, 0.6) is 0 Å². The Morgan fingerprint density at radius 2 is 0.727 bits per heavy atom. The second-order valence-corrected chi connectivity index (χ2v) is 0.612. The molecule has 0 fully saturated rings. The Balaban J connectivity index is -0.00000000400. The predicted molar refractivity (Wildman–Crippen MR) is 51.8 cm³/mol. The van der Waals surface area contributed by atoms with Crippen molar-refractivity contribution >= 4 is 34.8 Å². The molecule has 0 aromatic rings. The molecule has 0 aliphatic heterocycles. The Labute approximate surface area is 87.3 Å². The number of isothiocyanates is 2. The van der Waals surface area contributed by atoms with Gasteiger partial charge in [-0.05, 0) is 24.4 Å². The summed E-state index contributed by atoms with van der Waals surface area (Å²) in [5.74, 6) is 0. The third-order valence-electron chi connectivity index (χ3n) is 0. The zero-order chi connectivity index (χ0) is 5.41. The maximum absolute atomic E-state index is 5.77. The largest absolute Gasteiger partial charge is 2.00 e. The molecule has 0 saturated carbocycles. The van der Waals surface area contributed by atoms with Crippen LogP contribution in [0.3, 0.4) is 0 Å². The molecule has 0 aromatic heterocycles. The maximum Gasteiger partial charge on any atom is 2.00 e. The molecule has 0 aliphatic rings. The van der Waals surface area contributed by atoms with E-state index in [2.05, 4.69) is 24.4 Å². The number of hydrogen-bond acceptors (Lipinski definition) is 4. The number of nitrogens with two attached hydrogens (primary N) is 4. The quantitative estimate of drug-likeness (QED) is 0.369. The predicted octanol–water partition coefficient (Wildman–Crippen LogP) is 4.20. The van der Waals surface area contributed by atoms with Crippen molar-refractivity contribution in [3.8, 4) is 0 Å². The first-order chi connectivity index (χ1) is 2.83. The van der Waals surface area contributed by atoms with Gasteiger partial charge in [0.2, 0.25) is 0 Å². The molecule has 0 heterocycles. The summed E-state index contributed by atoms with van der Waals surface area (Å²) in [5, 5.41) is 14.7. The summed E-state index contributed by atoms with van der Waals surface area (Å²) in [4.78, 5) is 0. The van der Waals surface area contributed by atoms with Gasteiger partial charge in [0.05, 0.1) is 10.3 Å². The normalized spacial score (nSPS) is 1.45. The summed E-state index contributed by atoms with van der Waals surface area (Å²) in [6.45, 7) is 0. The van der Waals surface area contributed by atoms with Crippen molar-refractivity contribution in [3.63, 3.8) is 0 Å². The van der Waals surface area contributed by atoms with Crippen LogP contribution in [0.15, 0.2) is 0 Å². The minimum absolute atomic E-state index is 0. The van der Waals surface area contributed by atoms with Gasteiger partial charge in [0.15, 0.2) is 0 Å². The smallest absolute Gasteiger partial charge is 0.693 e. The van der Waals surface area contributed by atoms with Crippen molar-refractivity contribution in [2.24, 2.45) is 0 Å². The minimum Gasteiger partial charge on any atom is -0.693 e. The Bertz CT molecular complexity index is 72.6. The standard InChI is InChI=1S/2CHNS.Cu.4H2N/c2*2-1-3;;;;;/h2*2H;;4*1H2/q;;+2;4*-1. The van der Waals surface area contributed by atoms with Crippen LogP contribution in [-0.2, 0) is 17.1 Å². The van der Waals surface area contributed by atoms with E-state index in [1.807, 2.05) is 0 Å². The third kappa shape index (κ3) is 384000. The van der Waals surface area contributed by atoms with Gasteiger partial charge in [-0.2, -0.15) is 0 Å². The van der Waals surface area contributed by atoms with Crippen LogP contribution < -0.4 is 0 Å². The van der Waals surface area contributed by atoms with Crippen LogP contribution in [-0.4, -0.2) is 10.3 Å². The maximum atomic E-state index is 5.77. The van der Waals surface area contributed by atoms with E-state index < -0.39 is 0 Å². The molecule has 0 aromatic carbocycles. The number of nitrogens with one attached hydrogen (secondary N) is 2. The fraction of sp³-hybridized carbons (Fsp3) is 0. The van der Waals surface area contributed by atoms with E-state index in [1.165, 1.54) is 0 Å². The van der Waals surface area contributed by atoms with E-state index in [-0.39, 0.29) is 41.7 Å². The Hall–Kier alpha value is -0.0405. The van der Waals surface area contributed by atoms with Crippen molar-refractivity contribution in [2.75, 3.05) is 0 Å². The Kier molecular flexibility index (Phi) is 1310. The molecular weight excluding hydrogens is 236 g/mol. The number of thiocarbonyl (C=S) groups is 2. The Morgan fingerprint density at radius 3 is 0.727 bits per heavy atom. The molecule has 1 radical (unpaired) electrons. The molecule has 0 rings (SSSR count). The molecule has 0 spiro atoms. The van der Waals surface area contributed by atoms with Crippen molar-refractivity contribution < 1.29 is 17.1 Å². The van der Waals surface area contributed by atoms with Crippen LogP contribution in [0.2, 0.25) is 0 Å². The molecule has 6 nitrogen and oxygen atoms in total. The zero-order valence-corrected chi connectivity index (χ0v) is 8.00. The SMILES string of the molecule is N=C=S.N=C=S.[Cu+2].[NH2-].[NH2-].[NH2-].[NH2-]. The fourth-order valence-electron chi connectivity index (χ4n) is 0. The summed E-state index contributed by atoms with van der Waals surface area (Å²) < 4.78 is 0. The van der Waals surface area contributed by atoms with Gasteiger partial charge in [-0.25, -0.2) is 10.8 Å². The minimum atomic E-state index is 0. The van der Waals surface area contributed by atoms with Crippen LogP contribution in [0.25, 0.3) is 24.6 Å². The van der Waals surface area contributed by atoms with Gasteiger partial charge in [-0.3, -0.25) is 0 Å². The second kappa shape index (κ2) is 208. The molecule has 0 amide bonds. The van der Waals surface area contributed by atoms with E-state index in [9.17, 15) is 0 Å². The van der Waals surface area contributed by atoms with Crippen molar-refractivity contribution in [3.05, 3.63) is 24.6 Å². The molecule has 0 saturated heterocycles. The molecule has 0 bridgehead atoms. The summed E-state index contributed by atoms with van der Waals surface area (Å²) in [6.07, 6.45) is 0. The molecule has 0 aliphatic carbocycles. The van der Waals surface area contributed by atoms with Gasteiger partial charge in [-0.15, -0.1) is 0 Å². The average Bonchev–Trinajstić information content (AvgIpc) is 1.39. The first kappa shape index (κ1) is 69.3. The third-order valence-corrected chi connectivity index (χ3v) is 0. The molecule has 0 unspecified atom stereocenters. The summed E-state index contributed by atoms with van der Waals surface area (Å²) >= 11 is 7.62. The monoisotopic (exact) mass is 245 g/mol. The van der Waals surface area contributed by atoms with Crippen molar-refractivity contribution in [2.45, 2.75) is 0 Å². The first-order valence-electron chi connectivity index (χ1n) is 0.908. The van der Waals surface area contributed by atoms with Crippen molar-refractivity contribution in [1.29, 1.82) is 10.8 Å². The van der Waals surface area contributed by atoms with Crippen molar-refractivity contribution in [1.82, 2.24) is 0 Å². The van der Waals surface area contributed by atoms with Gasteiger partial charge in [0, 0.05) is 0 Å². The molecule has 11 heavy (non-hydrogen) atoms. The summed E-state index contributed by atoms with van der Waals surface area (Å²) in [7, 11) is 0. The zero-order valence-electron chi connectivity index (χ0n) is 5.43.